The van der Waals surface area contributed by atoms with E-state index in [9.17, 15) is 0 Å². The second-order valence-electron chi connectivity index (χ2n) is 4.47. The fourth-order valence-corrected chi connectivity index (χ4v) is 2.27. The normalized spacial score (nSPS) is 24.5. The van der Waals surface area contributed by atoms with Gasteiger partial charge in [0.25, 0.3) is 0 Å². The molecule has 6 heteroatoms. The van der Waals surface area contributed by atoms with E-state index < -0.39 is 0 Å². The highest BCUT2D eigenvalue weighted by molar-refractivity contribution is 5.81. The van der Waals surface area contributed by atoms with Crippen LogP contribution in [0.4, 0.5) is 5.82 Å². The first-order valence-electron chi connectivity index (χ1n) is 5.81. The number of hydrogen-bond donors (Lipinski definition) is 1. The Morgan fingerprint density at radius 2 is 2.29 bits per heavy atom. The highest BCUT2D eigenvalue weighted by Gasteiger charge is 2.22. The van der Waals surface area contributed by atoms with Crippen LogP contribution >= 0.6 is 0 Å². The van der Waals surface area contributed by atoms with Crippen LogP contribution in [-0.4, -0.2) is 31.7 Å². The number of aromatic nitrogens is 4. The van der Waals surface area contributed by atoms with Crippen LogP contribution in [0.2, 0.25) is 0 Å². The third-order valence-electron chi connectivity index (χ3n) is 3.15. The molecule has 2 unspecified atom stereocenters. The summed E-state index contributed by atoms with van der Waals surface area (Å²) in [5.74, 6) is 0.425. The SMILES string of the molecule is CC1CCC(Cn2cnc3c(N)ncnc32)O1. The van der Waals surface area contributed by atoms with Crippen molar-refractivity contribution >= 4 is 17.0 Å². The van der Waals surface area contributed by atoms with Crippen LogP contribution < -0.4 is 5.73 Å². The summed E-state index contributed by atoms with van der Waals surface area (Å²) in [6.07, 6.45) is 6.03. The Labute approximate surface area is 98.8 Å². The third-order valence-corrected chi connectivity index (χ3v) is 3.15. The van der Waals surface area contributed by atoms with E-state index in [0.29, 0.717) is 17.4 Å². The maximum Gasteiger partial charge on any atom is 0.165 e. The quantitative estimate of drug-likeness (QED) is 0.836. The summed E-state index contributed by atoms with van der Waals surface area (Å²) in [6, 6.07) is 0. The van der Waals surface area contributed by atoms with Crippen LogP contribution in [0.25, 0.3) is 11.2 Å². The van der Waals surface area contributed by atoms with Crippen molar-refractivity contribution in [3.8, 4) is 0 Å². The molecule has 2 atom stereocenters. The molecule has 0 saturated carbocycles. The van der Waals surface area contributed by atoms with Gasteiger partial charge >= 0.3 is 0 Å². The summed E-state index contributed by atoms with van der Waals surface area (Å²) >= 11 is 0. The van der Waals surface area contributed by atoms with E-state index in [0.717, 1.165) is 25.0 Å². The first kappa shape index (κ1) is 10.5. The molecule has 90 valence electrons. The number of anilines is 1. The van der Waals surface area contributed by atoms with Crippen molar-refractivity contribution < 1.29 is 4.74 Å². The molecule has 1 aliphatic rings. The Bertz CT molecular complexity index is 538. The molecule has 2 aromatic heterocycles. The monoisotopic (exact) mass is 233 g/mol. The van der Waals surface area contributed by atoms with Gasteiger partial charge in [0, 0.05) is 0 Å². The fraction of sp³-hybridized carbons (Fsp3) is 0.545. The first-order chi connectivity index (χ1) is 8.24. The van der Waals surface area contributed by atoms with Crippen molar-refractivity contribution in [1.29, 1.82) is 0 Å². The molecule has 0 aliphatic carbocycles. The average Bonchev–Trinajstić information content (AvgIpc) is 2.88. The summed E-state index contributed by atoms with van der Waals surface area (Å²) in [6.45, 7) is 2.88. The number of ether oxygens (including phenoxy) is 1. The van der Waals surface area contributed by atoms with Crippen LogP contribution in [0.3, 0.4) is 0 Å². The predicted molar refractivity (Wildman–Crippen MR) is 63.3 cm³/mol. The van der Waals surface area contributed by atoms with Crippen molar-refractivity contribution in [2.24, 2.45) is 0 Å². The van der Waals surface area contributed by atoms with Crippen molar-refractivity contribution in [3.05, 3.63) is 12.7 Å². The number of nitrogens with zero attached hydrogens (tertiary/aromatic N) is 4. The first-order valence-corrected chi connectivity index (χ1v) is 5.81. The van der Waals surface area contributed by atoms with Gasteiger partial charge in [0.2, 0.25) is 0 Å². The smallest absolute Gasteiger partial charge is 0.165 e. The highest BCUT2D eigenvalue weighted by atomic mass is 16.5. The molecule has 3 heterocycles. The van der Waals surface area contributed by atoms with E-state index >= 15 is 0 Å². The van der Waals surface area contributed by atoms with Crippen LogP contribution in [0.5, 0.6) is 0 Å². The lowest BCUT2D eigenvalue weighted by Crippen LogP contribution is -2.16. The molecule has 0 spiro atoms. The molecule has 0 radical (unpaired) electrons. The Kier molecular flexibility index (Phi) is 2.44. The number of hydrogen-bond acceptors (Lipinski definition) is 5. The minimum absolute atomic E-state index is 0.249. The number of imidazole rings is 1. The van der Waals surface area contributed by atoms with E-state index in [-0.39, 0.29) is 6.10 Å². The molecule has 1 fully saturated rings. The fourth-order valence-electron chi connectivity index (χ4n) is 2.27. The van der Waals surface area contributed by atoms with Crippen molar-refractivity contribution in [2.45, 2.75) is 38.5 Å². The van der Waals surface area contributed by atoms with E-state index in [1.807, 2.05) is 4.57 Å². The van der Waals surface area contributed by atoms with E-state index in [2.05, 4.69) is 21.9 Å². The highest BCUT2D eigenvalue weighted by Crippen LogP contribution is 2.22. The molecule has 1 saturated heterocycles. The van der Waals surface area contributed by atoms with Gasteiger partial charge in [0.15, 0.2) is 11.5 Å². The van der Waals surface area contributed by atoms with Crippen LogP contribution in [0.1, 0.15) is 19.8 Å². The van der Waals surface area contributed by atoms with Crippen molar-refractivity contribution in [3.63, 3.8) is 0 Å². The van der Waals surface area contributed by atoms with Gasteiger partial charge in [-0.1, -0.05) is 0 Å². The Morgan fingerprint density at radius 3 is 3.06 bits per heavy atom. The van der Waals surface area contributed by atoms with Gasteiger partial charge < -0.3 is 15.0 Å². The molecule has 2 N–H and O–H groups in total. The average molecular weight is 233 g/mol. The lowest BCUT2D eigenvalue weighted by atomic mass is 10.2. The van der Waals surface area contributed by atoms with Gasteiger partial charge in [-0.15, -0.1) is 0 Å². The Hall–Kier alpha value is -1.69. The molecule has 0 amide bonds. The van der Waals surface area contributed by atoms with E-state index in [4.69, 9.17) is 10.5 Å². The van der Waals surface area contributed by atoms with Crippen molar-refractivity contribution in [1.82, 2.24) is 19.5 Å². The third kappa shape index (κ3) is 1.84. The number of rotatable bonds is 2. The molecule has 3 rings (SSSR count). The summed E-state index contributed by atoms with van der Waals surface area (Å²) in [5.41, 5.74) is 7.19. The molecule has 2 aromatic rings. The lowest BCUT2D eigenvalue weighted by Gasteiger charge is -2.11. The summed E-state index contributed by atoms with van der Waals surface area (Å²) < 4.78 is 7.77. The standard InChI is InChI=1S/C11H15N5O/c1-7-2-3-8(17-7)4-16-6-15-9-10(12)13-5-14-11(9)16/h5-8H,2-4H2,1H3,(H2,12,13,14). The molecular weight excluding hydrogens is 218 g/mol. The second kappa shape index (κ2) is 3.96. The molecule has 0 bridgehead atoms. The van der Waals surface area contributed by atoms with Crippen molar-refractivity contribution in [2.75, 3.05) is 5.73 Å². The van der Waals surface area contributed by atoms with Gasteiger partial charge in [-0.05, 0) is 19.8 Å². The molecule has 1 aliphatic heterocycles. The summed E-state index contributed by atoms with van der Waals surface area (Å²) in [4.78, 5) is 12.4. The molecular formula is C11H15N5O. The number of fused-ring (bicyclic) bond motifs is 1. The molecule has 0 aromatic carbocycles. The molecule has 6 nitrogen and oxygen atoms in total. The largest absolute Gasteiger partial charge is 0.382 e. The van der Waals surface area contributed by atoms with Gasteiger partial charge in [0.1, 0.15) is 11.8 Å². The Morgan fingerprint density at radius 1 is 1.41 bits per heavy atom. The summed E-state index contributed by atoms with van der Waals surface area (Å²) in [5, 5.41) is 0. The number of nitrogen functional groups attached to an aromatic ring is 1. The predicted octanol–water partition coefficient (Wildman–Crippen LogP) is 0.976. The minimum atomic E-state index is 0.249. The maximum absolute atomic E-state index is 5.79. The maximum atomic E-state index is 5.79. The zero-order chi connectivity index (χ0) is 11.8. The van der Waals surface area contributed by atoms with Crippen LogP contribution in [0, 0.1) is 0 Å². The second-order valence-corrected chi connectivity index (χ2v) is 4.47. The molecule has 17 heavy (non-hydrogen) atoms. The zero-order valence-corrected chi connectivity index (χ0v) is 9.71. The minimum Gasteiger partial charge on any atom is -0.382 e. The Balaban J connectivity index is 1.88. The number of nitrogens with two attached hydrogens (primary N) is 1. The van der Waals surface area contributed by atoms with Gasteiger partial charge in [-0.3, -0.25) is 0 Å². The van der Waals surface area contributed by atoms with Gasteiger partial charge in [-0.25, -0.2) is 15.0 Å². The summed E-state index contributed by atoms with van der Waals surface area (Å²) in [7, 11) is 0. The van der Waals surface area contributed by atoms with E-state index in [1.165, 1.54) is 6.33 Å². The zero-order valence-electron chi connectivity index (χ0n) is 9.71. The van der Waals surface area contributed by atoms with Gasteiger partial charge in [-0.2, -0.15) is 0 Å². The topological polar surface area (TPSA) is 78.9 Å². The lowest BCUT2D eigenvalue weighted by molar-refractivity contribution is 0.0463. The van der Waals surface area contributed by atoms with Gasteiger partial charge in [0.05, 0.1) is 25.1 Å². The van der Waals surface area contributed by atoms with E-state index in [1.54, 1.807) is 6.33 Å². The van der Waals surface area contributed by atoms with Crippen LogP contribution in [0.15, 0.2) is 12.7 Å². The van der Waals surface area contributed by atoms with Crippen LogP contribution in [-0.2, 0) is 11.3 Å².